The monoisotopic (exact) mass is 285 g/mol. The molecule has 1 amide bonds. The first-order valence-electron chi connectivity index (χ1n) is 7.56. The Morgan fingerprint density at radius 2 is 2.00 bits per heavy atom. The normalized spacial score (nSPS) is 10.8. The average molecular weight is 285 g/mol. The lowest BCUT2D eigenvalue weighted by molar-refractivity contribution is -0.116. The number of nitrogens with zero attached hydrogens (tertiary/aromatic N) is 1. The summed E-state index contributed by atoms with van der Waals surface area (Å²) >= 11 is 0. The number of anilines is 1. The number of carbonyl (C=O) groups excluding carboxylic acids is 1. The maximum atomic E-state index is 12.0. The molecule has 0 fully saturated rings. The van der Waals surface area contributed by atoms with E-state index in [9.17, 15) is 4.79 Å². The predicted octanol–water partition coefficient (Wildman–Crippen LogP) is 3.39. The van der Waals surface area contributed by atoms with E-state index in [1.807, 2.05) is 31.2 Å². The first-order chi connectivity index (χ1) is 10.2. The number of benzene rings is 1. The minimum absolute atomic E-state index is 0.0664. The highest BCUT2D eigenvalue weighted by molar-refractivity contribution is 6.01. The number of nitrogens with one attached hydrogen (secondary N) is 1. The number of hydrogen-bond donors (Lipinski definition) is 2. The summed E-state index contributed by atoms with van der Waals surface area (Å²) in [6.07, 6.45) is 6.43. The van der Waals surface area contributed by atoms with Crippen LogP contribution < -0.4 is 11.1 Å². The summed E-state index contributed by atoms with van der Waals surface area (Å²) < 4.78 is 0. The molecular formula is C17H23N3O. The zero-order valence-electron chi connectivity index (χ0n) is 12.6. The molecule has 0 unspecified atom stereocenters. The number of nitrogens with two attached hydrogens (primary N) is 1. The molecule has 0 bridgehead atoms. The number of aromatic nitrogens is 1. The Labute approximate surface area is 125 Å². The van der Waals surface area contributed by atoms with Crippen LogP contribution in [0.4, 0.5) is 5.69 Å². The highest BCUT2D eigenvalue weighted by atomic mass is 16.1. The molecule has 0 spiro atoms. The lowest BCUT2D eigenvalue weighted by atomic mass is 10.1. The van der Waals surface area contributed by atoms with E-state index in [0.29, 0.717) is 6.42 Å². The molecule has 0 aliphatic rings. The molecule has 0 saturated carbocycles. The van der Waals surface area contributed by atoms with Gasteiger partial charge in [0.25, 0.3) is 0 Å². The third-order valence-corrected chi connectivity index (χ3v) is 3.60. The van der Waals surface area contributed by atoms with Gasteiger partial charge in [-0.3, -0.25) is 9.78 Å². The molecule has 1 heterocycles. The molecule has 2 rings (SSSR count). The Bertz CT molecular complexity index is 610. The van der Waals surface area contributed by atoms with Gasteiger partial charge in [-0.2, -0.15) is 0 Å². The van der Waals surface area contributed by atoms with E-state index >= 15 is 0 Å². The molecule has 0 aliphatic carbocycles. The summed E-state index contributed by atoms with van der Waals surface area (Å²) in [4.78, 5) is 16.4. The number of carbonyl (C=O) groups is 1. The molecule has 2 aromatic rings. The minimum Gasteiger partial charge on any atom is -0.330 e. The van der Waals surface area contributed by atoms with Gasteiger partial charge >= 0.3 is 0 Å². The molecule has 4 heteroatoms. The average Bonchev–Trinajstić information content (AvgIpc) is 2.50. The fourth-order valence-corrected chi connectivity index (χ4v) is 2.42. The van der Waals surface area contributed by atoms with Gasteiger partial charge in [0.05, 0.1) is 11.2 Å². The van der Waals surface area contributed by atoms with Gasteiger partial charge in [-0.25, -0.2) is 0 Å². The van der Waals surface area contributed by atoms with Crippen molar-refractivity contribution in [3.8, 4) is 0 Å². The Hall–Kier alpha value is -1.94. The zero-order chi connectivity index (χ0) is 15.1. The quantitative estimate of drug-likeness (QED) is 0.766. The van der Waals surface area contributed by atoms with E-state index in [4.69, 9.17) is 5.73 Å². The van der Waals surface area contributed by atoms with Gasteiger partial charge in [0.15, 0.2) is 0 Å². The van der Waals surface area contributed by atoms with E-state index in [-0.39, 0.29) is 5.91 Å². The van der Waals surface area contributed by atoms with Crippen molar-refractivity contribution < 1.29 is 4.79 Å². The maximum absolute atomic E-state index is 12.0. The number of amides is 1. The van der Waals surface area contributed by atoms with Gasteiger partial charge in [-0.05, 0) is 50.1 Å². The second-order valence-electron chi connectivity index (χ2n) is 5.33. The summed E-state index contributed by atoms with van der Waals surface area (Å²) in [6, 6.07) is 7.83. The number of rotatable bonds is 7. The molecule has 1 aromatic carbocycles. The van der Waals surface area contributed by atoms with E-state index in [0.717, 1.165) is 54.4 Å². The van der Waals surface area contributed by atoms with E-state index in [2.05, 4.69) is 10.3 Å². The number of pyridine rings is 1. The molecule has 0 atom stereocenters. The Kier molecular flexibility index (Phi) is 5.69. The topological polar surface area (TPSA) is 68.0 Å². The van der Waals surface area contributed by atoms with Gasteiger partial charge in [0.1, 0.15) is 0 Å². The smallest absolute Gasteiger partial charge is 0.224 e. The predicted molar refractivity (Wildman–Crippen MR) is 87.2 cm³/mol. The molecular weight excluding hydrogens is 262 g/mol. The third kappa shape index (κ3) is 4.26. The number of fused-ring (bicyclic) bond motifs is 1. The molecule has 21 heavy (non-hydrogen) atoms. The largest absolute Gasteiger partial charge is 0.330 e. The fourth-order valence-electron chi connectivity index (χ4n) is 2.42. The van der Waals surface area contributed by atoms with Crippen LogP contribution in [-0.4, -0.2) is 17.4 Å². The van der Waals surface area contributed by atoms with Gasteiger partial charge < -0.3 is 11.1 Å². The van der Waals surface area contributed by atoms with Crippen molar-refractivity contribution in [1.82, 2.24) is 4.98 Å². The Morgan fingerprint density at radius 1 is 1.19 bits per heavy atom. The number of unbranched alkanes of at least 4 members (excludes halogenated alkanes) is 3. The van der Waals surface area contributed by atoms with Gasteiger partial charge in [-0.1, -0.05) is 18.9 Å². The summed E-state index contributed by atoms with van der Waals surface area (Å²) in [6.45, 7) is 2.76. The van der Waals surface area contributed by atoms with E-state index in [1.54, 1.807) is 6.20 Å². The summed E-state index contributed by atoms with van der Waals surface area (Å²) in [5.41, 5.74) is 8.35. The van der Waals surface area contributed by atoms with Crippen molar-refractivity contribution in [2.45, 2.75) is 39.0 Å². The Morgan fingerprint density at radius 3 is 2.81 bits per heavy atom. The van der Waals surface area contributed by atoms with Gasteiger partial charge in [0.2, 0.25) is 5.91 Å². The maximum Gasteiger partial charge on any atom is 0.224 e. The SMILES string of the molecule is Cc1ccc(NC(=O)CCCCCCN)c2cccnc12. The zero-order valence-corrected chi connectivity index (χ0v) is 12.6. The molecule has 3 N–H and O–H groups in total. The molecule has 0 aliphatic heterocycles. The van der Waals surface area contributed by atoms with Crippen LogP contribution in [0.3, 0.4) is 0 Å². The lowest BCUT2D eigenvalue weighted by Crippen LogP contribution is -2.11. The highest BCUT2D eigenvalue weighted by Gasteiger charge is 2.07. The number of aryl methyl sites for hydroxylation is 1. The van der Waals surface area contributed by atoms with Crippen LogP contribution in [0.25, 0.3) is 10.9 Å². The van der Waals surface area contributed by atoms with Crippen LogP contribution in [0.1, 0.15) is 37.7 Å². The van der Waals surface area contributed by atoms with Crippen molar-refractivity contribution >= 4 is 22.5 Å². The Balaban J connectivity index is 1.97. The van der Waals surface area contributed by atoms with Crippen LogP contribution in [0.2, 0.25) is 0 Å². The highest BCUT2D eigenvalue weighted by Crippen LogP contribution is 2.24. The first-order valence-corrected chi connectivity index (χ1v) is 7.56. The minimum atomic E-state index is 0.0664. The van der Waals surface area contributed by atoms with Crippen molar-refractivity contribution in [2.24, 2.45) is 5.73 Å². The summed E-state index contributed by atoms with van der Waals surface area (Å²) in [5.74, 6) is 0.0664. The molecule has 1 aromatic heterocycles. The standard InChI is InChI=1S/C17H23N3O/c1-13-9-10-15(14-7-6-12-19-17(13)14)20-16(21)8-4-2-3-5-11-18/h6-7,9-10,12H,2-5,8,11,18H2,1H3,(H,20,21). The van der Waals surface area contributed by atoms with Crippen LogP contribution in [0, 0.1) is 6.92 Å². The van der Waals surface area contributed by atoms with Crippen LogP contribution >= 0.6 is 0 Å². The fraction of sp³-hybridized carbons (Fsp3) is 0.412. The van der Waals surface area contributed by atoms with Gasteiger partial charge in [-0.15, -0.1) is 0 Å². The van der Waals surface area contributed by atoms with Crippen molar-refractivity contribution in [3.63, 3.8) is 0 Å². The lowest BCUT2D eigenvalue weighted by Gasteiger charge is -2.10. The summed E-state index contributed by atoms with van der Waals surface area (Å²) in [5, 5.41) is 3.99. The second kappa shape index (κ2) is 7.74. The van der Waals surface area contributed by atoms with Crippen LogP contribution in [0.15, 0.2) is 30.5 Å². The second-order valence-corrected chi connectivity index (χ2v) is 5.33. The van der Waals surface area contributed by atoms with Crippen molar-refractivity contribution in [3.05, 3.63) is 36.0 Å². The molecule has 112 valence electrons. The summed E-state index contributed by atoms with van der Waals surface area (Å²) in [7, 11) is 0. The van der Waals surface area contributed by atoms with E-state index in [1.165, 1.54) is 0 Å². The van der Waals surface area contributed by atoms with Gasteiger partial charge in [0, 0.05) is 18.0 Å². The number of hydrogen-bond acceptors (Lipinski definition) is 3. The van der Waals surface area contributed by atoms with Crippen molar-refractivity contribution in [1.29, 1.82) is 0 Å². The molecule has 4 nitrogen and oxygen atoms in total. The van der Waals surface area contributed by atoms with E-state index < -0.39 is 0 Å². The third-order valence-electron chi connectivity index (χ3n) is 3.60. The van der Waals surface area contributed by atoms with Crippen LogP contribution in [-0.2, 0) is 4.79 Å². The molecule has 0 radical (unpaired) electrons. The van der Waals surface area contributed by atoms with Crippen LogP contribution in [0.5, 0.6) is 0 Å². The molecule has 0 saturated heterocycles. The first kappa shape index (κ1) is 15.4. The van der Waals surface area contributed by atoms with Crippen molar-refractivity contribution in [2.75, 3.05) is 11.9 Å².